The van der Waals surface area contributed by atoms with Crippen molar-refractivity contribution in [1.82, 2.24) is 4.90 Å². The summed E-state index contributed by atoms with van der Waals surface area (Å²) in [5, 5.41) is 8.84. The number of carboxylic acids is 1. The fourth-order valence-corrected chi connectivity index (χ4v) is 3.04. The van der Waals surface area contributed by atoms with Crippen LogP contribution in [0.3, 0.4) is 0 Å². The second-order valence-electron chi connectivity index (χ2n) is 4.60. The van der Waals surface area contributed by atoms with E-state index >= 15 is 0 Å². The van der Waals surface area contributed by atoms with Crippen LogP contribution >= 0.6 is 0 Å². The third kappa shape index (κ3) is 2.08. The molecule has 1 N–H and O–H groups in total. The van der Waals surface area contributed by atoms with E-state index in [0.29, 0.717) is 18.4 Å². The molecule has 2 atom stereocenters. The fourth-order valence-electron chi connectivity index (χ4n) is 3.04. The second kappa shape index (κ2) is 4.30. The maximum atomic E-state index is 10.7. The van der Waals surface area contributed by atoms with E-state index in [2.05, 4.69) is 4.90 Å². The Bertz CT molecular complexity index is 215. The Morgan fingerprint density at radius 1 is 1.21 bits per heavy atom. The lowest BCUT2D eigenvalue weighted by Crippen LogP contribution is -2.48. The van der Waals surface area contributed by atoms with Crippen molar-refractivity contribution in [3.63, 3.8) is 0 Å². The summed E-state index contributed by atoms with van der Waals surface area (Å²) in [6.07, 6.45) is 6.49. The molecule has 0 saturated carbocycles. The van der Waals surface area contributed by atoms with Crippen LogP contribution in [-0.2, 0) is 4.79 Å². The predicted molar refractivity (Wildman–Crippen MR) is 54.2 cm³/mol. The topological polar surface area (TPSA) is 40.5 Å². The van der Waals surface area contributed by atoms with Crippen molar-refractivity contribution in [2.45, 2.75) is 44.6 Å². The van der Waals surface area contributed by atoms with Gasteiger partial charge in [0.15, 0.2) is 0 Å². The first kappa shape index (κ1) is 9.97. The SMILES string of the molecule is O=C(O)C[C@@H]1CCCN2CCCC[C@H]12. The number of fused-ring (bicyclic) bond motifs is 1. The monoisotopic (exact) mass is 197 g/mol. The van der Waals surface area contributed by atoms with Crippen molar-refractivity contribution in [2.24, 2.45) is 5.92 Å². The summed E-state index contributed by atoms with van der Waals surface area (Å²) in [6, 6.07) is 0.577. The highest BCUT2D eigenvalue weighted by atomic mass is 16.4. The Morgan fingerprint density at radius 3 is 2.79 bits per heavy atom. The number of hydrogen-bond donors (Lipinski definition) is 1. The Kier molecular flexibility index (Phi) is 3.06. The third-order valence-corrected chi connectivity index (χ3v) is 3.67. The summed E-state index contributed by atoms with van der Waals surface area (Å²) in [4.78, 5) is 13.2. The highest BCUT2D eigenvalue weighted by Crippen LogP contribution is 2.32. The minimum absolute atomic E-state index is 0.376. The summed E-state index contributed by atoms with van der Waals surface area (Å²) in [5.41, 5.74) is 0. The summed E-state index contributed by atoms with van der Waals surface area (Å²) in [7, 11) is 0. The minimum Gasteiger partial charge on any atom is -0.481 e. The van der Waals surface area contributed by atoms with Gasteiger partial charge in [-0.05, 0) is 44.7 Å². The molecule has 0 spiro atoms. The van der Waals surface area contributed by atoms with Crippen LogP contribution in [0.2, 0.25) is 0 Å². The number of hydrogen-bond acceptors (Lipinski definition) is 2. The first-order valence-electron chi connectivity index (χ1n) is 5.73. The van der Waals surface area contributed by atoms with Crippen LogP contribution in [0, 0.1) is 5.92 Å². The largest absolute Gasteiger partial charge is 0.481 e. The van der Waals surface area contributed by atoms with Crippen molar-refractivity contribution in [3.8, 4) is 0 Å². The van der Waals surface area contributed by atoms with Gasteiger partial charge in [-0.1, -0.05) is 6.42 Å². The molecule has 14 heavy (non-hydrogen) atoms. The van der Waals surface area contributed by atoms with Crippen LogP contribution in [0.25, 0.3) is 0 Å². The molecule has 2 heterocycles. The van der Waals surface area contributed by atoms with Crippen molar-refractivity contribution < 1.29 is 9.90 Å². The molecule has 2 aliphatic heterocycles. The van der Waals surface area contributed by atoms with Crippen LogP contribution in [0.5, 0.6) is 0 Å². The summed E-state index contributed by atoms with van der Waals surface area (Å²) in [6.45, 7) is 2.39. The van der Waals surface area contributed by atoms with Crippen LogP contribution in [-0.4, -0.2) is 35.1 Å². The summed E-state index contributed by atoms with van der Waals surface area (Å²) < 4.78 is 0. The molecule has 80 valence electrons. The minimum atomic E-state index is -0.623. The number of carbonyl (C=O) groups is 1. The first-order chi connectivity index (χ1) is 6.77. The first-order valence-corrected chi connectivity index (χ1v) is 5.73. The third-order valence-electron chi connectivity index (χ3n) is 3.67. The van der Waals surface area contributed by atoms with Crippen molar-refractivity contribution >= 4 is 5.97 Å². The van der Waals surface area contributed by atoms with Gasteiger partial charge in [0.1, 0.15) is 0 Å². The normalized spacial score (nSPS) is 33.7. The van der Waals surface area contributed by atoms with Gasteiger partial charge in [-0.3, -0.25) is 4.79 Å². The van der Waals surface area contributed by atoms with Gasteiger partial charge < -0.3 is 10.0 Å². The number of piperidine rings is 2. The van der Waals surface area contributed by atoms with E-state index in [1.54, 1.807) is 0 Å². The molecule has 3 nitrogen and oxygen atoms in total. The maximum Gasteiger partial charge on any atom is 0.303 e. The fraction of sp³-hybridized carbons (Fsp3) is 0.909. The van der Waals surface area contributed by atoms with E-state index in [-0.39, 0.29) is 0 Å². The highest BCUT2D eigenvalue weighted by Gasteiger charge is 2.33. The van der Waals surface area contributed by atoms with E-state index in [0.717, 1.165) is 6.42 Å². The molecule has 0 radical (unpaired) electrons. The van der Waals surface area contributed by atoms with Gasteiger partial charge in [0.2, 0.25) is 0 Å². The lowest BCUT2D eigenvalue weighted by atomic mass is 9.82. The molecule has 2 saturated heterocycles. The van der Waals surface area contributed by atoms with Gasteiger partial charge in [-0.15, -0.1) is 0 Å². The van der Waals surface area contributed by atoms with Gasteiger partial charge in [0.25, 0.3) is 0 Å². The molecule has 0 aromatic heterocycles. The van der Waals surface area contributed by atoms with Crippen LogP contribution in [0.4, 0.5) is 0 Å². The van der Waals surface area contributed by atoms with Crippen LogP contribution in [0.1, 0.15) is 38.5 Å². The zero-order valence-corrected chi connectivity index (χ0v) is 8.61. The maximum absolute atomic E-state index is 10.7. The lowest BCUT2D eigenvalue weighted by Gasteiger charge is -2.44. The molecule has 0 aromatic rings. The highest BCUT2D eigenvalue weighted by molar-refractivity contribution is 5.67. The van der Waals surface area contributed by atoms with E-state index in [1.165, 1.54) is 38.8 Å². The molecule has 0 unspecified atom stereocenters. The number of nitrogens with zero attached hydrogens (tertiary/aromatic N) is 1. The molecule has 3 heteroatoms. The zero-order chi connectivity index (χ0) is 9.97. The molecule has 0 amide bonds. The van der Waals surface area contributed by atoms with Crippen molar-refractivity contribution in [3.05, 3.63) is 0 Å². The van der Waals surface area contributed by atoms with Gasteiger partial charge >= 0.3 is 5.97 Å². The Morgan fingerprint density at radius 2 is 2.00 bits per heavy atom. The summed E-state index contributed by atoms with van der Waals surface area (Å²) in [5.74, 6) is -0.205. The molecule has 0 aliphatic carbocycles. The van der Waals surface area contributed by atoms with Crippen LogP contribution in [0.15, 0.2) is 0 Å². The molecule has 2 rings (SSSR count). The van der Waals surface area contributed by atoms with E-state index < -0.39 is 5.97 Å². The second-order valence-corrected chi connectivity index (χ2v) is 4.60. The van der Waals surface area contributed by atoms with Crippen molar-refractivity contribution in [1.29, 1.82) is 0 Å². The number of aliphatic carboxylic acids is 1. The van der Waals surface area contributed by atoms with Crippen LogP contribution < -0.4 is 0 Å². The molecule has 0 aromatic carbocycles. The predicted octanol–water partition coefficient (Wildman–Crippen LogP) is 1.73. The van der Waals surface area contributed by atoms with Gasteiger partial charge in [-0.2, -0.15) is 0 Å². The average molecular weight is 197 g/mol. The average Bonchev–Trinajstić information content (AvgIpc) is 2.18. The van der Waals surface area contributed by atoms with Crippen molar-refractivity contribution in [2.75, 3.05) is 13.1 Å². The number of rotatable bonds is 2. The Labute approximate surface area is 85.1 Å². The Balaban J connectivity index is 1.97. The number of carboxylic acid groups (broad SMARTS) is 1. The Hall–Kier alpha value is -0.570. The smallest absolute Gasteiger partial charge is 0.303 e. The molecule has 2 fully saturated rings. The van der Waals surface area contributed by atoms with E-state index in [1.807, 2.05) is 0 Å². The zero-order valence-electron chi connectivity index (χ0n) is 8.61. The van der Waals surface area contributed by atoms with Gasteiger partial charge in [-0.25, -0.2) is 0 Å². The molecule has 0 bridgehead atoms. The van der Waals surface area contributed by atoms with Gasteiger partial charge in [0, 0.05) is 12.5 Å². The quantitative estimate of drug-likeness (QED) is 0.733. The lowest BCUT2D eigenvalue weighted by molar-refractivity contribution is -0.139. The molecule has 2 aliphatic rings. The molecular weight excluding hydrogens is 178 g/mol. The standard InChI is InChI=1S/C11H19NO2/c13-11(14)8-9-4-3-7-12-6-2-1-5-10(9)12/h9-10H,1-8H2,(H,13,14)/t9-,10+/m0/s1. The molecular formula is C11H19NO2. The van der Waals surface area contributed by atoms with E-state index in [9.17, 15) is 4.79 Å². The van der Waals surface area contributed by atoms with Gasteiger partial charge in [0.05, 0.1) is 0 Å². The van der Waals surface area contributed by atoms with E-state index in [4.69, 9.17) is 5.11 Å². The summed E-state index contributed by atoms with van der Waals surface area (Å²) >= 11 is 0.